The van der Waals surface area contributed by atoms with Crippen LogP contribution in [0.1, 0.15) is 82.2 Å². The first-order valence-electron chi connectivity index (χ1n) is 12.2. The highest BCUT2D eigenvalue weighted by molar-refractivity contribution is 5.59. The second-order valence-corrected chi connectivity index (χ2v) is 11.7. The maximum Gasteiger partial charge on any atom is 0.0809 e. The van der Waals surface area contributed by atoms with Crippen LogP contribution < -0.4 is 0 Å². The first-order valence-corrected chi connectivity index (χ1v) is 12.2. The number of aliphatic hydroxyl groups excluding tert-OH is 2. The van der Waals surface area contributed by atoms with Crippen molar-refractivity contribution in [3.8, 4) is 0 Å². The molecule has 0 unspecified atom stereocenters. The van der Waals surface area contributed by atoms with Gasteiger partial charge in [-0.2, -0.15) is 5.10 Å². The highest BCUT2D eigenvalue weighted by Gasteiger charge is 2.61. The van der Waals surface area contributed by atoms with E-state index in [4.69, 9.17) is 0 Å². The third-order valence-corrected chi connectivity index (χ3v) is 10.4. The lowest BCUT2D eigenvalue weighted by Gasteiger charge is -2.60. The second-order valence-electron chi connectivity index (χ2n) is 11.7. The lowest BCUT2D eigenvalue weighted by Crippen LogP contribution is -2.54. The molecule has 0 bridgehead atoms. The molecule has 4 fully saturated rings. The lowest BCUT2D eigenvalue weighted by atomic mass is 9.45. The summed E-state index contributed by atoms with van der Waals surface area (Å²) in [5.74, 6) is 2.75. The molecule has 1 aromatic heterocycles. The number of nitrogens with zero attached hydrogens (tertiary/aromatic N) is 2. The van der Waals surface area contributed by atoms with E-state index in [1.165, 1.54) is 42.5 Å². The Morgan fingerprint density at radius 3 is 2.43 bits per heavy atom. The standard InChI is InChI=1S/C26H40N2O2/c1-15-21(16(2)28(5)27-15)12-17-13-23-20-7-6-18-14-19(29)8-10-25(18,3)22(20)9-11-26(23,4)24(17)30/h12,18-20,22-24,29-30H,6-11,13-14H2,1-5H3/b17-12+/t18-,19-,20-,22+,23+,24+,25-,26+/m0/s1. The predicted octanol–water partition coefficient (Wildman–Crippen LogP) is 4.79. The minimum absolute atomic E-state index is 0.00833. The van der Waals surface area contributed by atoms with E-state index < -0.39 is 0 Å². The van der Waals surface area contributed by atoms with Crippen LogP contribution in [-0.4, -0.2) is 32.2 Å². The second kappa shape index (κ2) is 6.93. The summed E-state index contributed by atoms with van der Waals surface area (Å²) in [6.45, 7) is 9.10. The van der Waals surface area contributed by atoms with Gasteiger partial charge in [-0.25, -0.2) is 0 Å². The average Bonchev–Trinajstić information content (AvgIpc) is 3.10. The van der Waals surface area contributed by atoms with Crippen molar-refractivity contribution in [1.82, 2.24) is 9.78 Å². The molecule has 4 nitrogen and oxygen atoms in total. The van der Waals surface area contributed by atoms with Gasteiger partial charge in [-0.05, 0) is 106 Å². The molecule has 1 aromatic rings. The van der Waals surface area contributed by atoms with E-state index in [0.717, 1.165) is 43.2 Å². The van der Waals surface area contributed by atoms with Crippen molar-refractivity contribution in [2.24, 2.45) is 41.5 Å². The van der Waals surface area contributed by atoms with Gasteiger partial charge < -0.3 is 10.2 Å². The fraction of sp³-hybridized carbons (Fsp3) is 0.808. The largest absolute Gasteiger partial charge is 0.393 e. The molecule has 0 saturated heterocycles. The van der Waals surface area contributed by atoms with Gasteiger partial charge in [0.1, 0.15) is 0 Å². The van der Waals surface area contributed by atoms with Gasteiger partial charge in [0, 0.05) is 23.7 Å². The smallest absolute Gasteiger partial charge is 0.0809 e. The van der Waals surface area contributed by atoms with Gasteiger partial charge in [0.05, 0.1) is 17.9 Å². The molecule has 4 saturated carbocycles. The first kappa shape index (κ1) is 20.8. The third-order valence-electron chi connectivity index (χ3n) is 10.4. The highest BCUT2D eigenvalue weighted by Crippen LogP contribution is 2.67. The molecular formula is C26H40N2O2. The van der Waals surface area contributed by atoms with Gasteiger partial charge >= 0.3 is 0 Å². The summed E-state index contributed by atoms with van der Waals surface area (Å²) in [4.78, 5) is 0. The molecule has 30 heavy (non-hydrogen) atoms. The van der Waals surface area contributed by atoms with Crippen LogP contribution in [0.25, 0.3) is 6.08 Å². The Kier molecular flexibility index (Phi) is 4.80. The fourth-order valence-corrected chi connectivity index (χ4v) is 8.42. The van der Waals surface area contributed by atoms with Crippen molar-refractivity contribution in [3.63, 3.8) is 0 Å². The quantitative estimate of drug-likeness (QED) is 0.697. The van der Waals surface area contributed by atoms with E-state index in [1.54, 1.807) is 0 Å². The molecule has 166 valence electrons. The van der Waals surface area contributed by atoms with Crippen LogP contribution in [0, 0.1) is 48.3 Å². The summed E-state index contributed by atoms with van der Waals surface area (Å²) < 4.78 is 1.95. The van der Waals surface area contributed by atoms with Crippen molar-refractivity contribution in [2.75, 3.05) is 0 Å². The first-order chi connectivity index (χ1) is 14.1. The van der Waals surface area contributed by atoms with Gasteiger partial charge in [0.2, 0.25) is 0 Å². The van der Waals surface area contributed by atoms with Crippen LogP contribution >= 0.6 is 0 Å². The van der Waals surface area contributed by atoms with Crippen molar-refractivity contribution in [2.45, 2.75) is 91.3 Å². The van der Waals surface area contributed by atoms with Crippen LogP contribution in [0.4, 0.5) is 0 Å². The Morgan fingerprint density at radius 1 is 1.00 bits per heavy atom. The summed E-state index contributed by atoms with van der Waals surface area (Å²) in [5.41, 5.74) is 5.06. The highest BCUT2D eigenvalue weighted by atomic mass is 16.3. The van der Waals surface area contributed by atoms with E-state index in [0.29, 0.717) is 17.3 Å². The number of rotatable bonds is 1. The number of hydrogen-bond donors (Lipinski definition) is 2. The molecule has 8 atom stereocenters. The topological polar surface area (TPSA) is 58.3 Å². The van der Waals surface area contributed by atoms with Crippen LogP contribution in [0.15, 0.2) is 5.57 Å². The Bertz CT molecular complexity index is 873. The SMILES string of the molecule is Cc1nn(C)c(C)c1/C=C1\C[C@@H]2[C@H]3CC[C@H]4C[C@@H](O)CC[C@]4(C)[C@@H]3CC[C@@]2(C)[C@@H]1O. The predicted molar refractivity (Wildman–Crippen MR) is 120 cm³/mol. The molecule has 0 spiro atoms. The molecule has 4 aliphatic carbocycles. The van der Waals surface area contributed by atoms with Crippen molar-refractivity contribution in [1.29, 1.82) is 0 Å². The zero-order valence-electron chi connectivity index (χ0n) is 19.5. The van der Waals surface area contributed by atoms with Gasteiger partial charge in [-0.15, -0.1) is 0 Å². The average molecular weight is 413 g/mol. The molecule has 0 radical (unpaired) electrons. The van der Waals surface area contributed by atoms with E-state index in [2.05, 4.69) is 38.9 Å². The summed E-state index contributed by atoms with van der Waals surface area (Å²) >= 11 is 0. The molecule has 5 rings (SSSR count). The molecule has 4 heteroatoms. The Labute approximate surface area is 181 Å². The van der Waals surface area contributed by atoms with Gasteiger partial charge in [-0.1, -0.05) is 13.8 Å². The molecule has 0 aliphatic heterocycles. The van der Waals surface area contributed by atoms with Crippen LogP contribution in [-0.2, 0) is 7.05 Å². The molecule has 0 amide bonds. The lowest BCUT2D eigenvalue weighted by molar-refractivity contribution is -0.133. The molecule has 1 heterocycles. The zero-order chi connectivity index (χ0) is 21.4. The summed E-state index contributed by atoms with van der Waals surface area (Å²) in [6.07, 6.45) is 11.0. The number of fused-ring (bicyclic) bond motifs is 5. The molecule has 2 N–H and O–H groups in total. The summed E-state index contributed by atoms with van der Waals surface area (Å²) in [5, 5.41) is 26.3. The van der Waals surface area contributed by atoms with E-state index in [9.17, 15) is 10.2 Å². The zero-order valence-corrected chi connectivity index (χ0v) is 19.5. The maximum absolute atomic E-state index is 11.5. The van der Waals surface area contributed by atoms with E-state index >= 15 is 0 Å². The number of aryl methyl sites for hydroxylation is 2. The Morgan fingerprint density at radius 2 is 1.73 bits per heavy atom. The number of aliphatic hydroxyl groups is 2. The van der Waals surface area contributed by atoms with Gasteiger partial charge in [0.25, 0.3) is 0 Å². The normalized spacial score (nSPS) is 47.1. The summed E-state index contributed by atoms with van der Waals surface area (Å²) in [6, 6.07) is 0. The molecule has 4 aliphatic rings. The summed E-state index contributed by atoms with van der Waals surface area (Å²) in [7, 11) is 2.00. The van der Waals surface area contributed by atoms with E-state index in [1.807, 2.05) is 11.7 Å². The Balaban J connectivity index is 1.46. The van der Waals surface area contributed by atoms with Gasteiger partial charge in [0.15, 0.2) is 0 Å². The minimum atomic E-state index is -0.332. The van der Waals surface area contributed by atoms with Crippen LogP contribution in [0.2, 0.25) is 0 Å². The molecular weight excluding hydrogens is 372 g/mol. The van der Waals surface area contributed by atoms with Crippen molar-refractivity contribution in [3.05, 3.63) is 22.5 Å². The van der Waals surface area contributed by atoms with E-state index in [-0.39, 0.29) is 17.6 Å². The van der Waals surface area contributed by atoms with Crippen LogP contribution in [0.3, 0.4) is 0 Å². The van der Waals surface area contributed by atoms with Gasteiger partial charge in [-0.3, -0.25) is 4.68 Å². The van der Waals surface area contributed by atoms with Crippen molar-refractivity contribution < 1.29 is 10.2 Å². The fourth-order valence-electron chi connectivity index (χ4n) is 8.42. The minimum Gasteiger partial charge on any atom is -0.393 e. The van der Waals surface area contributed by atoms with Crippen LogP contribution in [0.5, 0.6) is 0 Å². The monoisotopic (exact) mass is 412 g/mol. The third kappa shape index (κ3) is 2.82. The number of aromatic nitrogens is 2. The molecule has 0 aromatic carbocycles. The maximum atomic E-state index is 11.5. The van der Waals surface area contributed by atoms with Crippen molar-refractivity contribution >= 4 is 6.08 Å². The Hall–Kier alpha value is -1.13. The number of hydrogen-bond acceptors (Lipinski definition) is 3.